The van der Waals surface area contributed by atoms with Crippen LogP contribution in [-0.2, 0) is 25.6 Å². The zero-order valence-corrected chi connectivity index (χ0v) is 24.9. The summed E-state index contributed by atoms with van der Waals surface area (Å²) >= 11 is 0. The number of likely N-dealkylation sites (tertiary alicyclic amines) is 1. The molecular formula is C32H36FN3O10. The summed E-state index contributed by atoms with van der Waals surface area (Å²) in [6, 6.07) is 13.5. The Kier molecular flexibility index (Phi) is 13.6. The number of carbonyl (C=O) groups is 4. The van der Waals surface area contributed by atoms with Gasteiger partial charge in [0.1, 0.15) is 5.82 Å². The Morgan fingerprint density at radius 1 is 0.870 bits per heavy atom. The maximum Gasteiger partial charge on any atom is 0.328 e. The summed E-state index contributed by atoms with van der Waals surface area (Å²) in [5, 5.41) is 45.8. The van der Waals surface area contributed by atoms with Crippen molar-refractivity contribution in [1.82, 2.24) is 15.0 Å². The van der Waals surface area contributed by atoms with Crippen LogP contribution in [0.25, 0.3) is 11.0 Å². The Hall–Kier alpha value is -4.92. The number of carboxylic acids is 4. The highest BCUT2D eigenvalue weighted by Crippen LogP contribution is 2.38. The summed E-state index contributed by atoms with van der Waals surface area (Å²) in [5.41, 5.74) is 4.34. The molecule has 1 atom stereocenters. The fourth-order valence-electron chi connectivity index (χ4n) is 5.46. The van der Waals surface area contributed by atoms with Crippen molar-refractivity contribution in [3.63, 3.8) is 0 Å². The number of carboxylic acid groups (broad SMARTS) is 4. The van der Waals surface area contributed by atoms with Gasteiger partial charge in [-0.25, -0.2) is 23.6 Å². The van der Waals surface area contributed by atoms with Crippen LogP contribution < -0.4 is 0 Å². The molecule has 3 aromatic rings. The third kappa shape index (κ3) is 10.6. The average Bonchev–Trinajstić information content (AvgIpc) is 3.45. The lowest BCUT2D eigenvalue weighted by molar-refractivity contribution is -0.134. The van der Waals surface area contributed by atoms with Gasteiger partial charge in [0.25, 0.3) is 0 Å². The van der Waals surface area contributed by atoms with Crippen LogP contribution in [-0.4, -0.2) is 97.2 Å². The number of piperidine rings is 1. The minimum Gasteiger partial charge on any atom is -0.478 e. The number of aliphatic carboxylic acids is 4. The lowest BCUT2D eigenvalue weighted by Crippen LogP contribution is -2.48. The van der Waals surface area contributed by atoms with E-state index in [1.165, 1.54) is 23.3 Å². The number of fused-ring (bicyclic) bond motifs is 2. The number of hydrogen-bond acceptors (Lipinski definition) is 9. The van der Waals surface area contributed by atoms with Crippen molar-refractivity contribution in [3.05, 3.63) is 89.4 Å². The van der Waals surface area contributed by atoms with Gasteiger partial charge in [0.15, 0.2) is 5.58 Å². The number of hydrogen-bond donors (Lipinski definition) is 5. The van der Waals surface area contributed by atoms with E-state index < -0.39 is 23.9 Å². The van der Waals surface area contributed by atoms with Gasteiger partial charge in [0.2, 0.25) is 0 Å². The summed E-state index contributed by atoms with van der Waals surface area (Å²) in [4.78, 5) is 43.3. The lowest BCUT2D eigenvalue weighted by atomic mass is 9.89. The molecule has 3 heterocycles. The molecule has 2 aromatic carbocycles. The van der Waals surface area contributed by atoms with Crippen LogP contribution in [0.5, 0.6) is 0 Å². The lowest BCUT2D eigenvalue weighted by Gasteiger charge is -2.46. The monoisotopic (exact) mass is 641 g/mol. The molecule has 0 amide bonds. The van der Waals surface area contributed by atoms with E-state index in [9.17, 15) is 28.7 Å². The maximum absolute atomic E-state index is 13.5. The highest BCUT2D eigenvalue weighted by molar-refractivity contribution is 5.90. The Morgan fingerprint density at radius 2 is 1.46 bits per heavy atom. The molecule has 2 aliphatic heterocycles. The molecule has 46 heavy (non-hydrogen) atoms. The van der Waals surface area contributed by atoms with E-state index in [-0.39, 0.29) is 18.6 Å². The van der Waals surface area contributed by atoms with Crippen LogP contribution in [0.3, 0.4) is 0 Å². The van der Waals surface area contributed by atoms with Gasteiger partial charge in [0.05, 0.1) is 11.9 Å². The molecule has 0 bridgehead atoms. The van der Waals surface area contributed by atoms with Crippen molar-refractivity contribution in [2.75, 3.05) is 32.8 Å². The summed E-state index contributed by atoms with van der Waals surface area (Å²) in [5.74, 6) is -4.99. The van der Waals surface area contributed by atoms with Crippen LogP contribution >= 0.6 is 0 Å². The Labute approximate surface area is 263 Å². The number of benzene rings is 2. The predicted molar refractivity (Wildman–Crippen MR) is 163 cm³/mol. The molecule has 0 spiro atoms. The van der Waals surface area contributed by atoms with Gasteiger partial charge in [-0.3, -0.25) is 9.80 Å². The standard InChI is InChI=1S/C24H28FN3O2.2C4H4O4/c25-19-6-7-21-22(16-19)30-26-23(21)18-9-13-28(14-10-18)24-20-5-2-1-4-17(20)8-12-27(24)11-3-15-29;2*5-3(6)1-2-4(7)8/h1-2,4-7,16,18,24,29H,3,8-15H2;2*1-2H,(H,5,6)(H,7,8)/b;2*2-1+. The van der Waals surface area contributed by atoms with E-state index in [4.69, 9.17) is 24.9 Å². The SMILES string of the molecule is O=C(O)/C=C/C(=O)O.O=C(O)/C=C/C(=O)O.OCCCN1CCc2ccccc2C1N1CCC(c2noc3cc(F)ccc23)CC1. The predicted octanol–water partition coefficient (Wildman–Crippen LogP) is 3.51. The number of aliphatic hydroxyl groups is 1. The number of aromatic nitrogens is 1. The summed E-state index contributed by atoms with van der Waals surface area (Å²) in [6.07, 6.45) is 6.38. The molecule has 5 N–H and O–H groups in total. The van der Waals surface area contributed by atoms with Gasteiger partial charge in [-0.15, -0.1) is 0 Å². The Morgan fingerprint density at radius 3 is 2.02 bits per heavy atom. The number of aliphatic hydroxyl groups excluding tert-OH is 1. The number of rotatable bonds is 9. The fourth-order valence-corrected chi connectivity index (χ4v) is 5.46. The molecule has 0 aliphatic carbocycles. The van der Waals surface area contributed by atoms with Crippen LogP contribution in [0.1, 0.15) is 48.2 Å². The first kappa shape index (κ1) is 35.6. The molecule has 0 saturated carbocycles. The molecule has 1 saturated heterocycles. The fraction of sp³-hybridized carbons (Fsp3) is 0.344. The van der Waals surface area contributed by atoms with Gasteiger partial charge in [-0.05, 0) is 48.9 Å². The van der Waals surface area contributed by atoms with Crippen molar-refractivity contribution in [1.29, 1.82) is 0 Å². The maximum atomic E-state index is 13.5. The van der Waals surface area contributed by atoms with Gasteiger partial charge in [0, 0.05) is 74.5 Å². The minimum atomic E-state index is -1.26. The van der Waals surface area contributed by atoms with Gasteiger partial charge in [-0.1, -0.05) is 29.4 Å². The van der Waals surface area contributed by atoms with Crippen LogP contribution in [0.15, 0.2) is 71.3 Å². The van der Waals surface area contributed by atoms with E-state index in [1.54, 1.807) is 6.07 Å². The highest BCUT2D eigenvalue weighted by atomic mass is 19.1. The van der Waals surface area contributed by atoms with Crippen molar-refractivity contribution < 1.29 is 53.6 Å². The van der Waals surface area contributed by atoms with E-state index in [0.29, 0.717) is 35.8 Å². The molecule has 1 fully saturated rings. The first-order chi connectivity index (χ1) is 22.0. The highest BCUT2D eigenvalue weighted by Gasteiger charge is 2.35. The topological polar surface area (TPSA) is 202 Å². The first-order valence-electron chi connectivity index (χ1n) is 14.5. The summed E-state index contributed by atoms with van der Waals surface area (Å²) in [6.45, 7) is 4.13. The van der Waals surface area contributed by atoms with Gasteiger partial charge in [-0.2, -0.15) is 0 Å². The Balaban J connectivity index is 0.000000299. The van der Waals surface area contributed by atoms with Crippen molar-refractivity contribution in [2.45, 2.75) is 37.8 Å². The molecule has 13 nitrogen and oxygen atoms in total. The smallest absolute Gasteiger partial charge is 0.328 e. The third-order valence-corrected chi connectivity index (χ3v) is 7.41. The van der Waals surface area contributed by atoms with Crippen LogP contribution in [0.4, 0.5) is 4.39 Å². The van der Waals surface area contributed by atoms with Crippen LogP contribution in [0, 0.1) is 5.82 Å². The second kappa shape index (κ2) is 17.5. The second-order valence-electron chi connectivity index (χ2n) is 10.5. The third-order valence-electron chi connectivity index (χ3n) is 7.41. The van der Waals surface area contributed by atoms with E-state index in [0.717, 1.165) is 62.9 Å². The normalized spacial score (nSPS) is 17.1. The molecule has 246 valence electrons. The van der Waals surface area contributed by atoms with Gasteiger partial charge < -0.3 is 30.1 Å². The Bertz CT molecular complexity index is 1500. The van der Waals surface area contributed by atoms with E-state index in [1.807, 2.05) is 0 Å². The quantitative estimate of drug-likeness (QED) is 0.213. The average molecular weight is 642 g/mol. The second-order valence-corrected chi connectivity index (χ2v) is 10.5. The van der Waals surface area contributed by atoms with Crippen molar-refractivity contribution in [2.24, 2.45) is 0 Å². The van der Waals surface area contributed by atoms with Crippen LogP contribution in [0.2, 0.25) is 0 Å². The minimum absolute atomic E-state index is 0.229. The van der Waals surface area contributed by atoms with E-state index in [2.05, 4.69) is 39.2 Å². The van der Waals surface area contributed by atoms with Crippen molar-refractivity contribution >= 4 is 34.8 Å². The molecule has 1 aromatic heterocycles. The number of halogens is 1. The molecule has 14 heteroatoms. The molecule has 1 unspecified atom stereocenters. The number of nitrogens with zero attached hydrogens (tertiary/aromatic N) is 3. The van der Waals surface area contributed by atoms with Gasteiger partial charge >= 0.3 is 23.9 Å². The zero-order valence-electron chi connectivity index (χ0n) is 24.9. The summed E-state index contributed by atoms with van der Waals surface area (Å²) in [7, 11) is 0. The van der Waals surface area contributed by atoms with E-state index >= 15 is 0 Å². The molecule has 2 aliphatic rings. The molecule has 0 radical (unpaired) electrons. The molecular weight excluding hydrogens is 605 g/mol. The first-order valence-corrected chi connectivity index (χ1v) is 14.5. The largest absolute Gasteiger partial charge is 0.478 e. The summed E-state index contributed by atoms with van der Waals surface area (Å²) < 4.78 is 18.9. The zero-order chi connectivity index (χ0) is 33.6. The molecule has 5 rings (SSSR count). The van der Waals surface area contributed by atoms with Crippen molar-refractivity contribution in [3.8, 4) is 0 Å².